The zero-order valence-corrected chi connectivity index (χ0v) is 11.8. The number of hydrogen-bond acceptors (Lipinski definition) is 4. The van der Waals surface area contributed by atoms with Gasteiger partial charge in [0.15, 0.2) is 5.60 Å². The normalized spacial score (nSPS) is 15.6. The van der Waals surface area contributed by atoms with Gasteiger partial charge < -0.3 is 14.0 Å². The van der Waals surface area contributed by atoms with Crippen LogP contribution in [0.3, 0.4) is 0 Å². The van der Waals surface area contributed by atoms with Crippen LogP contribution >= 0.6 is 8.46 Å². The van der Waals surface area contributed by atoms with Gasteiger partial charge in [0.2, 0.25) is 0 Å². The van der Waals surface area contributed by atoms with Crippen LogP contribution in [0, 0.1) is 5.92 Å². The van der Waals surface area contributed by atoms with Crippen molar-refractivity contribution in [3.8, 4) is 0 Å². The van der Waals surface area contributed by atoms with E-state index in [1.807, 2.05) is 20.8 Å². The largest absolute Gasteiger partial charge is 0.464 e. The molecule has 0 saturated heterocycles. The SMILES string of the molecule is CCOC(=O)C(C[PH2]=O)(CC(C)C)OCC. The molecule has 0 saturated carbocycles. The summed E-state index contributed by atoms with van der Waals surface area (Å²) in [7, 11) is -1.02. The third-order valence-corrected chi connectivity index (χ3v) is 3.05. The average Bonchev–Trinajstić information content (AvgIpc) is 2.17. The highest BCUT2D eigenvalue weighted by molar-refractivity contribution is 7.23. The monoisotopic (exact) mass is 250 g/mol. The van der Waals surface area contributed by atoms with Crippen molar-refractivity contribution in [3.63, 3.8) is 0 Å². The summed E-state index contributed by atoms with van der Waals surface area (Å²) in [6.45, 7) is 8.34. The van der Waals surface area contributed by atoms with Crippen LogP contribution in [0.25, 0.3) is 0 Å². The van der Waals surface area contributed by atoms with Gasteiger partial charge in [-0.2, -0.15) is 0 Å². The van der Waals surface area contributed by atoms with Crippen LogP contribution in [-0.2, 0) is 18.8 Å². The molecular formula is C11H23O4P. The van der Waals surface area contributed by atoms with Gasteiger partial charge in [0, 0.05) is 12.8 Å². The fraction of sp³-hybridized carbons (Fsp3) is 0.909. The van der Waals surface area contributed by atoms with Gasteiger partial charge in [0.05, 0.1) is 15.1 Å². The fourth-order valence-electron chi connectivity index (χ4n) is 1.76. The summed E-state index contributed by atoms with van der Waals surface area (Å²) in [6.07, 6.45) is 0.812. The van der Waals surface area contributed by atoms with Crippen LogP contribution in [0.1, 0.15) is 34.1 Å². The molecule has 0 spiro atoms. The van der Waals surface area contributed by atoms with Crippen LogP contribution in [0.4, 0.5) is 0 Å². The van der Waals surface area contributed by atoms with E-state index in [0.717, 1.165) is 0 Å². The lowest BCUT2D eigenvalue weighted by atomic mass is 9.94. The molecule has 0 aliphatic rings. The Morgan fingerprint density at radius 1 is 1.31 bits per heavy atom. The lowest BCUT2D eigenvalue weighted by Gasteiger charge is -2.31. The topological polar surface area (TPSA) is 52.6 Å². The van der Waals surface area contributed by atoms with E-state index < -0.39 is 14.1 Å². The van der Waals surface area contributed by atoms with Crippen molar-refractivity contribution in [1.82, 2.24) is 0 Å². The molecule has 0 aliphatic carbocycles. The molecule has 0 N–H and O–H groups in total. The minimum atomic E-state index is -1.02. The summed E-state index contributed by atoms with van der Waals surface area (Å²) in [5.41, 5.74) is -1.00. The first-order valence-electron chi connectivity index (χ1n) is 5.77. The summed E-state index contributed by atoms with van der Waals surface area (Å²) in [6, 6.07) is 0. The molecule has 4 nitrogen and oxygen atoms in total. The maximum absolute atomic E-state index is 11.9. The molecular weight excluding hydrogens is 227 g/mol. The Morgan fingerprint density at radius 3 is 2.31 bits per heavy atom. The van der Waals surface area contributed by atoms with Crippen LogP contribution in [-0.4, -0.2) is 30.9 Å². The highest BCUT2D eigenvalue weighted by Gasteiger charge is 2.40. The number of hydrogen-bond donors (Lipinski definition) is 0. The van der Waals surface area contributed by atoms with Gasteiger partial charge in [0.1, 0.15) is 0 Å². The fourth-order valence-corrected chi connectivity index (χ4v) is 2.48. The Kier molecular flexibility index (Phi) is 7.69. The van der Waals surface area contributed by atoms with Crippen molar-refractivity contribution < 1.29 is 18.8 Å². The molecule has 96 valence electrons. The lowest BCUT2D eigenvalue weighted by Crippen LogP contribution is -2.46. The molecule has 0 aliphatic heterocycles. The van der Waals surface area contributed by atoms with Crippen molar-refractivity contribution in [3.05, 3.63) is 0 Å². The number of esters is 1. The molecule has 0 fully saturated rings. The Balaban J connectivity index is 4.89. The molecule has 5 heteroatoms. The Morgan fingerprint density at radius 2 is 1.94 bits per heavy atom. The smallest absolute Gasteiger partial charge is 0.338 e. The van der Waals surface area contributed by atoms with E-state index in [0.29, 0.717) is 25.6 Å². The van der Waals surface area contributed by atoms with Crippen molar-refractivity contribution in [1.29, 1.82) is 0 Å². The van der Waals surface area contributed by atoms with Gasteiger partial charge >= 0.3 is 5.97 Å². The molecule has 16 heavy (non-hydrogen) atoms. The number of rotatable bonds is 8. The summed E-state index contributed by atoms with van der Waals surface area (Å²) < 4.78 is 21.5. The van der Waals surface area contributed by atoms with E-state index in [1.165, 1.54) is 0 Å². The van der Waals surface area contributed by atoms with Gasteiger partial charge in [0.25, 0.3) is 0 Å². The first kappa shape index (κ1) is 15.7. The number of ether oxygens (including phenoxy) is 2. The highest BCUT2D eigenvalue weighted by atomic mass is 31.1. The summed E-state index contributed by atoms with van der Waals surface area (Å²) >= 11 is 0. The number of carbonyl (C=O) groups excluding carboxylic acids is 1. The molecule has 0 aromatic heterocycles. The second-order valence-electron chi connectivity index (χ2n) is 4.12. The Hall–Kier alpha value is -0.340. The molecule has 0 bridgehead atoms. The summed E-state index contributed by atoms with van der Waals surface area (Å²) in [5, 5.41) is 0. The van der Waals surface area contributed by atoms with E-state index in [1.54, 1.807) is 6.92 Å². The quantitative estimate of drug-likeness (QED) is 0.489. The highest BCUT2D eigenvalue weighted by Crippen LogP contribution is 2.27. The Bertz CT molecular complexity index is 230. The van der Waals surface area contributed by atoms with Crippen LogP contribution in [0.5, 0.6) is 0 Å². The first-order valence-corrected chi connectivity index (χ1v) is 7.06. The van der Waals surface area contributed by atoms with E-state index >= 15 is 0 Å². The molecule has 2 unspecified atom stereocenters. The standard InChI is InChI=1S/C11H23O4P/c1-5-14-10(12)11(8-16-13,15-6-2)7-9(3)4/h9H,5-8,16H2,1-4H3. The molecule has 0 rings (SSSR count). The van der Waals surface area contributed by atoms with E-state index in [-0.39, 0.29) is 12.1 Å². The average molecular weight is 250 g/mol. The lowest BCUT2D eigenvalue weighted by molar-refractivity contribution is -0.170. The predicted molar refractivity (Wildman–Crippen MR) is 65.7 cm³/mol. The van der Waals surface area contributed by atoms with Gasteiger partial charge in [-0.15, -0.1) is 0 Å². The molecule has 0 heterocycles. The molecule has 2 atom stereocenters. The predicted octanol–water partition coefficient (Wildman–Crippen LogP) is 2.13. The molecule has 0 aromatic rings. The van der Waals surface area contributed by atoms with Crippen molar-refractivity contribution in [2.45, 2.75) is 39.7 Å². The van der Waals surface area contributed by atoms with Gasteiger partial charge in [-0.25, -0.2) is 4.79 Å². The third kappa shape index (κ3) is 4.67. The summed E-state index contributed by atoms with van der Waals surface area (Å²) in [5.74, 6) is -0.0872. The van der Waals surface area contributed by atoms with Gasteiger partial charge in [-0.1, -0.05) is 13.8 Å². The van der Waals surface area contributed by atoms with Gasteiger partial charge in [-0.05, 0) is 26.2 Å². The van der Waals surface area contributed by atoms with Crippen molar-refractivity contribution in [2.75, 3.05) is 19.4 Å². The van der Waals surface area contributed by atoms with Crippen LogP contribution in [0.15, 0.2) is 0 Å². The molecule has 0 aromatic carbocycles. The minimum absolute atomic E-state index is 0.262. The number of carbonyl (C=O) groups is 1. The zero-order chi connectivity index (χ0) is 12.6. The van der Waals surface area contributed by atoms with E-state index in [2.05, 4.69) is 0 Å². The zero-order valence-electron chi connectivity index (χ0n) is 10.6. The van der Waals surface area contributed by atoms with Gasteiger partial charge in [-0.3, -0.25) is 0 Å². The molecule has 0 radical (unpaired) electrons. The Labute approximate surface area is 98.9 Å². The second-order valence-corrected chi connectivity index (χ2v) is 4.86. The third-order valence-electron chi connectivity index (χ3n) is 2.22. The minimum Gasteiger partial charge on any atom is -0.464 e. The van der Waals surface area contributed by atoms with E-state index in [4.69, 9.17) is 9.47 Å². The van der Waals surface area contributed by atoms with Crippen LogP contribution in [0.2, 0.25) is 0 Å². The van der Waals surface area contributed by atoms with E-state index in [9.17, 15) is 9.36 Å². The second kappa shape index (κ2) is 7.86. The molecule has 0 amide bonds. The van der Waals surface area contributed by atoms with Crippen LogP contribution < -0.4 is 0 Å². The van der Waals surface area contributed by atoms with Crippen molar-refractivity contribution in [2.24, 2.45) is 5.92 Å². The first-order chi connectivity index (χ1) is 7.52. The maximum Gasteiger partial charge on any atom is 0.338 e. The maximum atomic E-state index is 11.9. The summed E-state index contributed by atoms with van der Waals surface area (Å²) in [4.78, 5) is 11.9. The van der Waals surface area contributed by atoms with Crippen molar-refractivity contribution >= 4 is 14.4 Å².